The highest BCUT2D eigenvalue weighted by Crippen LogP contribution is 2.23. The van der Waals surface area contributed by atoms with Crippen molar-refractivity contribution in [3.8, 4) is 0 Å². The second-order valence-electron chi connectivity index (χ2n) is 3.49. The van der Waals surface area contributed by atoms with Crippen molar-refractivity contribution in [1.29, 1.82) is 0 Å². The smallest absolute Gasteiger partial charge is 0.313 e. The van der Waals surface area contributed by atoms with E-state index in [0.29, 0.717) is 12.0 Å². The zero-order valence-electron chi connectivity index (χ0n) is 10.0. The van der Waals surface area contributed by atoms with Crippen molar-refractivity contribution in [3.05, 3.63) is 33.9 Å². The summed E-state index contributed by atoms with van der Waals surface area (Å²) in [5, 5.41) is 15.3. The van der Waals surface area contributed by atoms with Crippen molar-refractivity contribution in [3.63, 3.8) is 0 Å². The number of hydrogen-bond donors (Lipinski definition) is 2. The SMILES string of the molecule is CCc1ccc(NC(=O)C(=O)NC)cc1[N+](=O)[O-]. The molecule has 0 atom stereocenters. The van der Waals surface area contributed by atoms with Crippen LogP contribution in [0.1, 0.15) is 12.5 Å². The van der Waals surface area contributed by atoms with E-state index < -0.39 is 16.7 Å². The number of rotatable bonds is 3. The molecule has 0 saturated heterocycles. The van der Waals surface area contributed by atoms with Crippen LogP contribution in [0.2, 0.25) is 0 Å². The molecule has 1 aromatic carbocycles. The van der Waals surface area contributed by atoms with Crippen LogP contribution in [0.15, 0.2) is 18.2 Å². The van der Waals surface area contributed by atoms with Gasteiger partial charge in [-0.25, -0.2) is 0 Å². The molecule has 0 aromatic heterocycles. The number of hydrogen-bond acceptors (Lipinski definition) is 4. The monoisotopic (exact) mass is 251 g/mol. The van der Waals surface area contributed by atoms with E-state index in [1.54, 1.807) is 13.0 Å². The van der Waals surface area contributed by atoms with Crippen LogP contribution in [0.25, 0.3) is 0 Å². The fourth-order valence-electron chi connectivity index (χ4n) is 1.41. The van der Waals surface area contributed by atoms with Crippen molar-refractivity contribution < 1.29 is 14.5 Å². The Balaban J connectivity index is 2.99. The summed E-state index contributed by atoms with van der Waals surface area (Å²) in [6, 6.07) is 4.31. The van der Waals surface area contributed by atoms with Crippen molar-refractivity contribution in [2.45, 2.75) is 13.3 Å². The average Bonchev–Trinajstić information content (AvgIpc) is 2.37. The van der Waals surface area contributed by atoms with Crippen LogP contribution in [-0.2, 0) is 16.0 Å². The topological polar surface area (TPSA) is 101 Å². The Hall–Kier alpha value is -2.44. The number of carbonyl (C=O) groups is 2. The number of nitrogens with zero attached hydrogens (tertiary/aromatic N) is 1. The highest BCUT2D eigenvalue weighted by Gasteiger charge is 2.16. The zero-order chi connectivity index (χ0) is 13.7. The average molecular weight is 251 g/mol. The fourth-order valence-corrected chi connectivity index (χ4v) is 1.41. The van der Waals surface area contributed by atoms with Gasteiger partial charge in [0.15, 0.2) is 0 Å². The zero-order valence-corrected chi connectivity index (χ0v) is 10.0. The fraction of sp³-hybridized carbons (Fsp3) is 0.273. The van der Waals surface area contributed by atoms with Gasteiger partial charge < -0.3 is 10.6 Å². The van der Waals surface area contributed by atoms with Crippen LogP contribution in [0.3, 0.4) is 0 Å². The van der Waals surface area contributed by atoms with Gasteiger partial charge in [-0.15, -0.1) is 0 Å². The van der Waals surface area contributed by atoms with Crippen molar-refractivity contribution >= 4 is 23.2 Å². The van der Waals surface area contributed by atoms with Gasteiger partial charge in [0, 0.05) is 24.4 Å². The molecule has 2 N–H and O–H groups in total. The van der Waals surface area contributed by atoms with E-state index in [4.69, 9.17) is 0 Å². The van der Waals surface area contributed by atoms with E-state index in [9.17, 15) is 19.7 Å². The Labute approximate surface area is 103 Å². The van der Waals surface area contributed by atoms with E-state index in [1.807, 2.05) is 0 Å². The van der Waals surface area contributed by atoms with Gasteiger partial charge in [0.25, 0.3) is 5.69 Å². The van der Waals surface area contributed by atoms with Crippen LogP contribution in [0, 0.1) is 10.1 Å². The first-order valence-electron chi connectivity index (χ1n) is 5.30. The minimum atomic E-state index is -0.865. The molecule has 7 heteroatoms. The molecule has 0 aliphatic rings. The number of nitro benzene ring substituents is 1. The molecule has 0 bridgehead atoms. The first-order chi connectivity index (χ1) is 8.49. The lowest BCUT2D eigenvalue weighted by molar-refractivity contribution is -0.385. The summed E-state index contributed by atoms with van der Waals surface area (Å²) in [6.45, 7) is 1.80. The number of amides is 2. The minimum Gasteiger partial charge on any atom is -0.351 e. The highest BCUT2D eigenvalue weighted by atomic mass is 16.6. The van der Waals surface area contributed by atoms with Crippen LogP contribution >= 0.6 is 0 Å². The van der Waals surface area contributed by atoms with Gasteiger partial charge in [-0.1, -0.05) is 13.0 Å². The number of benzene rings is 1. The summed E-state index contributed by atoms with van der Waals surface area (Å²) in [7, 11) is 1.32. The van der Waals surface area contributed by atoms with Crippen molar-refractivity contribution in [2.24, 2.45) is 0 Å². The first-order valence-corrected chi connectivity index (χ1v) is 5.30. The third kappa shape index (κ3) is 3.03. The summed E-state index contributed by atoms with van der Waals surface area (Å²) in [5.74, 6) is -1.67. The molecule has 0 spiro atoms. The maximum absolute atomic E-state index is 11.3. The Morgan fingerprint density at radius 1 is 1.33 bits per heavy atom. The molecule has 0 radical (unpaired) electrons. The first kappa shape index (κ1) is 13.6. The Kier molecular flexibility index (Phi) is 4.36. The summed E-state index contributed by atoms with van der Waals surface area (Å²) < 4.78 is 0. The van der Waals surface area contributed by atoms with Crippen LogP contribution in [0.5, 0.6) is 0 Å². The second kappa shape index (κ2) is 5.76. The third-order valence-corrected chi connectivity index (χ3v) is 2.35. The van der Waals surface area contributed by atoms with Gasteiger partial charge >= 0.3 is 11.8 Å². The quantitative estimate of drug-likeness (QED) is 0.472. The van der Waals surface area contributed by atoms with E-state index in [1.165, 1.54) is 19.2 Å². The normalized spacial score (nSPS) is 9.67. The number of anilines is 1. The Morgan fingerprint density at radius 2 is 2.00 bits per heavy atom. The molecule has 7 nitrogen and oxygen atoms in total. The van der Waals surface area contributed by atoms with E-state index in [0.717, 1.165) is 0 Å². The summed E-state index contributed by atoms with van der Waals surface area (Å²) in [5.41, 5.74) is 0.706. The van der Waals surface area contributed by atoms with Gasteiger partial charge in [0.1, 0.15) is 0 Å². The molecular weight excluding hydrogens is 238 g/mol. The standard InChI is InChI=1S/C11H13N3O4/c1-3-7-4-5-8(6-9(7)14(17)18)13-11(16)10(15)12-2/h4-6H,3H2,1-2H3,(H,12,15)(H,13,16). The maximum Gasteiger partial charge on any atom is 0.313 e. The molecule has 2 amide bonds. The van der Waals surface area contributed by atoms with Crippen LogP contribution in [0.4, 0.5) is 11.4 Å². The molecule has 0 saturated carbocycles. The summed E-state index contributed by atoms with van der Waals surface area (Å²) >= 11 is 0. The van der Waals surface area contributed by atoms with Crippen molar-refractivity contribution in [2.75, 3.05) is 12.4 Å². The molecule has 1 aromatic rings. The second-order valence-corrected chi connectivity index (χ2v) is 3.49. The molecule has 0 unspecified atom stereocenters. The van der Waals surface area contributed by atoms with Gasteiger partial charge in [-0.2, -0.15) is 0 Å². The molecule has 0 heterocycles. The lowest BCUT2D eigenvalue weighted by Gasteiger charge is -2.06. The number of carbonyl (C=O) groups excluding carboxylic acids is 2. The van der Waals surface area contributed by atoms with E-state index in [2.05, 4.69) is 10.6 Å². The number of likely N-dealkylation sites (N-methyl/N-ethyl adjacent to an activating group) is 1. The molecule has 18 heavy (non-hydrogen) atoms. The van der Waals surface area contributed by atoms with Gasteiger partial charge in [0.2, 0.25) is 0 Å². The molecule has 0 aliphatic heterocycles. The predicted octanol–water partition coefficient (Wildman–Crippen LogP) is 0.842. The molecular formula is C11H13N3O4. The van der Waals surface area contributed by atoms with Gasteiger partial charge in [-0.05, 0) is 12.5 Å². The Morgan fingerprint density at radius 3 is 2.50 bits per heavy atom. The summed E-state index contributed by atoms with van der Waals surface area (Å²) in [6.07, 6.45) is 0.514. The largest absolute Gasteiger partial charge is 0.351 e. The molecule has 1 rings (SSSR count). The number of aryl methyl sites for hydroxylation is 1. The number of nitro groups is 1. The predicted molar refractivity (Wildman–Crippen MR) is 65.2 cm³/mol. The minimum absolute atomic E-state index is 0.0767. The highest BCUT2D eigenvalue weighted by molar-refractivity contribution is 6.39. The Bertz CT molecular complexity index is 499. The van der Waals surface area contributed by atoms with Gasteiger partial charge in [-0.3, -0.25) is 19.7 Å². The van der Waals surface area contributed by atoms with E-state index >= 15 is 0 Å². The maximum atomic E-state index is 11.3. The molecule has 0 fully saturated rings. The van der Waals surface area contributed by atoms with Gasteiger partial charge in [0.05, 0.1) is 4.92 Å². The van der Waals surface area contributed by atoms with Crippen LogP contribution in [-0.4, -0.2) is 23.8 Å². The van der Waals surface area contributed by atoms with E-state index in [-0.39, 0.29) is 11.4 Å². The molecule has 96 valence electrons. The van der Waals surface area contributed by atoms with Crippen LogP contribution < -0.4 is 10.6 Å². The molecule has 0 aliphatic carbocycles. The lowest BCUT2D eigenvalue weighted by Crippen LogP contribution is -2.32. The van der Waals surface area contributed by atoms with Crippen molar-refractivity contribution in [1.82, 2.24) is 5.32 Å². The third-order valence-electron chi connectivity index (χ3n) is 2.35. The number of nitrogens with one attached hydrogen (secondary N) is 2. The summed E-state index contributed by atoms with van der Waals surface area (Å²) in [4.78, 5) is 32.6. The lowest BCUT2D eigenvalue weighted by atomic mass is 10.1.